The van der Waals surface area contributed by atoms with Crippen LogP contribution in [0.15, 0.2) is 36.0 Å². The fourth-order valence-electron chi connectivity index (χ4n) is 1.14. The first kappa shape index (κ1) is 10.5. The van der Waals surface area contributed by atoms with Crippen LogP contribution in [-0.4, -0.2) is 17.9 Å². The molecule has 0 atom stereocenters. The third kappa shape index (κ3) is 2.73. The van der Waals surface area contributed by atoms with Gasteiger partial charge in [-0.25, -0.2) is 0 Å². The third-order valence-corrected chi connectivity index (χ3v) is 2.18. The van der Waals surface area contributed by atoms with Crippen molar-refractivity contribution in [2.75, 3.05) is 7.05 Å². The fraction of sp³-hybridized carbons (Fsp3) is 0.250. The van der Waals surface area contributed by atoms with Crippen molar-refractivity contribution in [2.45, 2.75) is 13.8 Å². The van der Waals surface area contributed by atoms with Crippen molar-refractivity contribution < 1.29 is 4.79 Å². The number of hydrogen-bond acceptors (Lipinski definition) is 1. The molecule has 1 amide bonds. The van der Waals surface area contributed by atoms with Crippen LogP contribution in [0.25, 0.3) is 6.08 Å². The molecule has 1 aromatic rings. The first-order chi connectivity index (χ1) is 6.61. The maximum absolute atomic E-state index is 11.1. The van der Waals surface area contributed by atoms with E-state index in [4.69, 9.17) is 0 Å². The number of benzene rings is 1. The van der Waals surface area contributed by atoms with E-state index < -0.39 is 0 Å². The highest BCUT2D eigenvalue weighted by atomic mass is 16.2. The molecule has 0 aromatic heterocycles. The van der Waals surface area contributed by atoms with Crippen LogP contribution in [0.2, 0.25) is 0 Å². The van der Waals surface area contributed by atoms with Crippen molar-refractivity contribution in [1.82, 2.24) is 4.90 Å². The zero-order valence-electron chi connectivity index (χ0n) is 8.82. The third-order valence-electron chi connectivity index (χ3n) is 2.18. The summed E-state index contributed by atoms with van der Waals surface area (Å²) in [7, 11) is 1.77. The van der Waals surface area contributed by atoms with E-state index >= 15 is 0 Å². The second-order valence-corrected chi connectivity index (χ2v) is 3.27. The minimum atomic E-state index is 0.0506. The van der Waals surface area contributed by atoms with E-state index in [1.165, 1.54) is 0 Å². The lowest BCUT2D eigenvalue weighted by atomic mass is 10.2. The summed E-state index contributed by atoms with van der Waals surface area (Å²) in [6.07, 6.45) is 1.99. The van der Waals surface area contributed by atoms with E-state index in [0.29, 0.717) is 0 Å². The predicted molar refractivity (Wildman–Crippen MR) is 58.5 cm³/mol. The Labute approximate surface area is 84.9 Å². The maximum Gasteiger partial charge on any atom is 0.223 e. The first-order valence-electron chi connectivity index (χ1n) is 4.59. The summed E-state index contributed by atoms with van der Waals surface area (Å²) in [6, 6.07) is 9.95. The molecule has 1 aromatic carbocycles. The molecule has 0 N–H and O–H groups in total. The Kier molecular flexibility index (Phi) is 3.46. The Hall–Kier alpha value is -1.57. The van der Waals surface area contributed by atoms with Crippen LogP contribution in [0.5, 0.6) is 0 Å². The van der Waals surface area contributed by atoms with Crippen LogP contribution in [-0.2, 0) is 4.79 Å². The smallest absolute Gasteiger partial charge is 0.223 e. The van der Waals surface area contributed by atoms with E-state index in [0.717, 1.165) is 11.3 Å². The van der Waals surface area contributed by atoms with E-state index in [1.807, 2.05) is 43.3 Å². The van der Waals surface area contributed by atoms with Crippen LogP contribution in [0.1, 0.15) is 19.4 Å². The van der Waals surface area contributed by atoms with Crippen LogP contribution in [0.4, 0.5) is 0 Å². The zero-order chi connectivity index (χ0) is 10.6. The molecule has 0 spiro atoms. The summed E-state index contributed by atoms with van der Waals surface area (Å²) in [5, 5.41) is 0. The first-order valence-corrected chi connectivity index (χ1v) is 4.59. The van der Waals surface area contributed by atoms with E-state index in [-0.39, 0.29) is 5.91 Å². The predicted octanol–water partition coefficient (Wildman–Crippen LogP) is 2.53. The van der Waals surface area contributed by atoms with Gasteiger partial charge >= 0.3 is 0 Å². The van der Waals surface area contributed by atoms with Gasteiger partial charge in [0.25, 0.3) is 0 Å². The number of carbonyl (C=O) groups excluding carboxylic acids is 1. The van der Waals surface area contributed by atoms with Gasteiger partial charge in [0.2, 0.25) is 5.91 Å². The van der Waals surface area contributed by atoms with Gasteiger partial charge < -0.3 is 4.90 Å². The molecule has 0 aliphatic heterocycles. The standard InChI is InChI=1S/C12H15NO/c1-10(13(3)11(2)14)9-12-7-5-4-6-8-12/h4-9H,1-3H3/b10-9+. The van der Waals surface area contributed by atoms with Crippen LogP contribution in [0, 0.1) is 0 Å². The SMILES string of the molecule is CC(=O)N(C)/C(C)=C/c1ccccc1. The number of amides is 1. The van der Waals surface area contributed by atoms with Gasteiger partial charge in [0.1, 0.15) is 0 Å². The molecular weight excluding hydrogens is 174 g/mol. The Morgan fingerprint density at radius 3 is 2.29 bits per heavy atom. The normalized spacial score (nSPS) is 11.2. The Balaban J connectivity index is 2.84. The van der Waals surface area contributed by atoms with Crippen molar-refractivity contribution >= 4 is 12.0 Å². The molecule has 0 bridgehead atoms. The molecular formula is C12H15NO. The molecule has 0 saturated carbocycles. The van der Waals surface area contributed by atoms with Gasteiger partial charge in [0, 0.05) is 19.7 Å². The molecule has 2 nitrogen and oxygen atoms in total. The summed E-state index contributed by atoms with van der Waals surface area (Å²) in [4.78, 5) is 12.7. The topological polar surface area (TPSA) is 20.3 Å². The molecule has 1 rings (SSSR count). The summed E-state index contributed by atoms with van der Waals surface area (Å²) < 4.78 is 0. The second-order valence-electron chi connectivity index (χ2n) is 3.27. The van der Waals surface area contributed by atoms with Gasteiger partial charge in [-0.2, -0.15) is 0 Å². The number of rotatable bonds is 2. The number of hydrogen-bond donors (Lipinski definition) is 0. The fourth-order valence-corrected chi connectivity index (χ4v) is 1.14. The number of nitrogens with zero attached hydrogens (tertiary/aromatic N) is 1. The minimum Gasteiger partial charge on any atom is -0.320 e. The van der Waals surface area contributed by atoms with Crippen LogP contribution < -0.4 is 0 Å². The van der Waals surface area contributed by atoms with Gasteiger partial charge in [-0.1, -0.05) is 30.3 Å². The zero-order valence-corrected chi connectivity index (χ0v) is 8.82. The Morgan fingerprint density at radius 1 is 1.21 bits per heavy atom. The summed E-state index contributed by atoms with van der Waals surface area (Å²) in [5.41, 5.74) is 2.06. The minimum absolute atomic E-state index is 0.0506. The molecule has 0 aliphatic carbocycles. The quantitative estimate of drug-likeness (QED) is 0.700. The molecule has 74 valence electrons. The lowest BCUT2D eigenvalue weighted by molar-refractivity contribution is -0.125. The molecule has 0 heterocycles. The van der Waals surface area contributed by atoms with E-state index in [1.54, 1.807) is 18.9 Å². The molecule has 0 fully saturated rings. The Morgan fingerprint density at radius 2 is 1.79 bits per heavy atom. The number of allylic oxidation sites excluding steroid dienone is 1. The molecule has 14 heavy (non-hydrogen) atoms. The van der Waals surface area contributed by atoms with E-state index in [9.17, 15) is 4.79 Å². The summed E-state index contributed by atoms with van der Waals surface area (Å²) in [5.74, 6) is 0.0506. The van der Waals surface area contributed by atoms with Crippen molar-refractivity contribution in [1.29, 1.82) is 0 Å². The van der Waals surface area contributed by atoms with Gasteiger partial charge in [-0.05, 0) is 18.6 Å². The largest absolute Gasteiger partial charge is 0.320 e. The van der Waals surface area contributed by atoms with Gasteiger partial charge in [-0.15, -0.1) is 0 Å². The molecule has 0 radical (unpaired) electrons. The maximum atomic E-state index is 11.1. The molecule has 0 unspecified atom stereocenters. The second kappa shape index (κ2) is 4.61. The highest BCUT2D eigenvalue weighted by molar-refractivity contribution is 5.76. The molecule has 0 saturated heterocycles. The lowest BCUT2D eigenvalue weighted by Gasteiger charge is -2.15. The van der Waals surface area contributed by atoms with Crippen molar-refractivity contribution in [3.63, 3.8) is 0 Å². The van der Waals surface area contributed by atoms with E-state index in [2.05, 4.69) is 0 Å². The highest BCUT2D eigenvalue weighted by Crippen LogP contribution is 2.08. The van der Waals surface area contributed by atoms with Crippen LogP contribution in [0.3, 0.4) is 0 Å². The van der Waals surface area contributed by atoms with Crippen molar-refractivity contribution in [2.24, 2.45) is 0 Å². The van der Waals surface area contributed by atoms with Gasteiger partial charge in [0.05, 0.1) is 0 Å². The van der Waals surface area contributed by atoms with Gasteiger partial charge in [0.15, 0.2) is 0 Å². The summed E-state index contributed by atoms with van der Waals surface area (Å²) in [6.45, 7) is 3.48. The molecule has 0 aliphatic rings. The van der Waals surface area contributed by atoms with Crippen LogP contribution >= 0.6 is 0 Å². The average Bonchev–Trinajstić information content (AvgIpc) is 2.18. The van der Waals surface area contributed by atoms with Crippen molar-refractivity contribution in [3.05, 3.63) is 41.6 Å². The summed E-state index contributed by atoms with van der Waals surface area (Å²) >= 11 is 0. The number of carbonyl (C=O) groups is 1. The van der Waals surface area contributed by atoms with Crippen molar-refractivity contribution in [3.8, 4) is 0 Å². The monoisotopic (exact) mass is 189 g/mol. The average molecular weight is 189 g/mol. The Bertz CT molecular complexity index is 341. The van der Waals surface area contributed by atoms with Gasteiger partial charge in [-0.3, -0.25) is 4.79 Å². The molecule has 2 heteroatoms. The highest BCUT2D eigenvalue weighted by Gasteiger charge is 2.02. The lowest BCUT2D eigenvalue weighted by Crippen LogP contribution is -2.21.